The molecular weight excluding hydrogens is 364 g/mol. The fraction of sp³-hybridized carbons (Fsp3) is 0.571. The van der Waals surface area contributed by atoms with Crippen molar-refractivity contribution in [2.24, 2.45) is 10.8 Å². The van der Waals surface area contributed by atoms with Crippen molar-refractivity contribution in [2.75, 3.05) is 0 Å². The van der Waals surface area contributed by atoms with Crippen molar-refractivity contribution >= 4 is 21.8 Å². The third-order valence-corrected chi connectivity index (χ3v) is 11.1. The van der Waals surface area contributed by atoms with Crippen LogP contribution in [-0.4, -0.2) is 9.97 Å². The lowest BCUT2D eigenvalue weighted by molar-refractivity contribution is 0.227. The molecule has 30 heavy (non-hydrogen) atoms. The molecule has 0 radical (unpaired) electrons. The molecule has 4 aliphatic carbocycles. The summed E-state index contributed by atoms with van der Waals surface area (Å²) in [4.78, 5) is 10.8. The van der Waals surface area contributed by atoms with Crippen LogP contribution in [0.15, 0.2) is 24.3 Å². The monoisotopic (exact) mass is 396 g/mol. The van der Waals surface area contributed by atoms with E-state index in [4.69, 9.17) is 9.97 Å². The summed E-state index contributed by atoms with van der Waals surface area (Å²) >= 11 is 0. The Hall–Kier alpha value is -1.96. The van der Waals surface area contributed by atoms with Gasteiger partial charge in [-0.25, -0.2) is 9.97 Å². The van der Waals surface area contributed by atoms with Gasteiger partial charge in [-0.3, -0.25) is 0 Å². The Balaban J connectivity index is 1.54. The average molecular weight is 397 g/mol. The number of pyridine rings is 2. The molecule has 1 aromatic carbocycles. The van der Waals surface area contributed by atoms with Gasteiger partial charge in [0.1, 0.15) is 0 Å². The lowest BCUT2D eigenvalue weighted by Gasteiger charge is -2.34. The molecular formula is C28H32N2. The third-order valence-electron chi connectivity index (χ3n) is 11.1. The molecule has 2 heterocycles. The molecule has 2 nitrogen and oxygen atoms in total. The molecule has 0 aliphatic heterocycles. The number of hydrogen-bond donors (Lipinski definition) is 0. The molecule has 0 spiro atoms. The van der Waals surface area contributed by atoms with Crippen LogP contribution in [0, 0.1) is 10.8 Å². The molecule has 0 saturated heterocycles. The van der Waals surface area contributed by atoms with E-state index in [9.17, 15) is 0 Å². The van der Waals surface area contributed by atoms with Crippen LogP contribution in [0.4, 0.5) is 0 Å². The molecule has 4 atom stereocenters. The van der Waals surface area contributed by atoms with Gasteiger partial charge in [0.05, 0.1) is 22.4 Å². The summed E-state index contributed by atoms with van der Waals surface area (Å²) in [5.41, 5.74) is 8.95. The van der Waals surface area contributed by atoms with Crippen molar-refractivity contribution in [3.63, 3.8) is 0 Å². The lowest BCUT2D eigenvalue weighted by atomic mass is 9.70. The number of hydrogen-bond acceptors (Lipinski definition) is 2. The molecule has 4 aliphatic rings. The number of fused-ring (bicyclic) bond motifs is 13. The summed E-state index contributed by atoms with van der Waals surface area (Å²) in [6.45, 7) is 14.7. The van der Waals surface area contributed by atoms with Gasteiger partial charge in [-0.05, 0) is 71.6 Å². The molecule has 2 saturated carbocycles. The standard InChI is InChI=1S/C28H32N2/c1-25(2)19-9-11-27(25,5)23-17(19)13-15-7-8-16-14-18-20-10-12-28(6,26(20,3)4)24(18)30-22(16)21(15)29-23/h7-8,13-14,19-20H,9-12H2,1-6H3/t19-,20-,27+,28+/m1/s1. The Kier molecular flexibility index (Phi) is 2.81. The highest BCUT2D eigenvalue weighted by molar-refractivity contribution is 6.03. The molecule has 7 rings (SSSR count). The van der Waals surface area contributed by atoms with Crippen molar-refractivity contribution in [3.05, 3.63) is 46.8 Å². The minimum atomic E-state index is 0.188. The topological polar surface area (TPSA) is 25.8 Å². The number of nitrogens with zero attached hydrogens (tertiary/aromatic N) is 2. The predicted molar refractivity (Wildman–Crippen MR) is 123 cm³/mol. The molecule has 0 amide bonds. The summed E-state index contributed by atoms with van der Waals surface area (Å²) in [6.07, 6.45) is 5.13. The van der Waals surface area contributed by atoms with Gasteiger partial charge in [-0.1, -0.05) is 53.7 Å². The molecule has 2 fully saturated rings. The van der Waals surface area contributed by atoms with E-state index in [-0.39, 0.29) is 10.8 Å². The second-order valence-corrected chi connectivity index (χ2v) is 12.4. The van der Waals surface area contributed by atoms with E-state index < -0.39 is 0 Å². The Morgan fingerprint density at radius 2 is 1.07 bits per heavy atom. The minimum Gasteiger partial charge on any atom is -0.250 e. The molecule has 2 heteroatoms. The second kappa shape index (κ2) is 4.76. The average Bonchev–Trinajstić information content (AvgIpc) is 3.21. The zero-order valence-corrected chi connectivity index (χ0v) is 19.2. The van der Waals surface area contributed by atoms with Crippen LogP contribution in [0.5, 0.6) is 0 Å². The van der Waals surface area contributed by atoms with Crippen LogP contribution >= 0.6 is 0 Å². The van der Waals surface area contributed by atoms with E-state index in [1.54, 1.807) is 0 Å². The van der Waals surface area contributed by atoms with Gasteiger partial charge < -0.3 is 0 Å². The van der Waals surface area contributed by atoms with E-state index in [2.05, 4.69) is 65.8 Å². The highest BCUT2D eigenvalue weighted by atomic mass is 14.9. The van der Waals surface area contributed by atoms with Crippen molar-refractivity contribution < 1.29 is 0 Å². The van der Waals surface area contributed by atoms with Crippen LogP contribution in [0.25, 0.3) is 21.8 Å². The Labute approximate surface area is 179 Å². The van der Waals surface area contributed by atoms with Gasteiger partial charge in [0.2, 0.25) is 0 Å². The van der Waals surface area contributed by atoms with E-state index >= 15 is 0 Å². The zero-order valence-electron chi connectivity index (χ0n) is 19.2. The Morgan fingerprint density at radius 1 is 0.667 bits per heavy atom. The molecule has 0 unspecified atom stereocenters. The summed E-state index contributed by atoms with van der Waals surface area (Å²) in [5, 5.41) is 2.54. The van der Waals surface area contributed by atoms with Gasteiger partial charge in [-0.2, -0.15) is 0 Å². The first-order chi connectivity index (χ1) is 14.1. The van der Waals surface area contributed by atoms with E-state index in [0.717, 1.165) is 11.0 Å². The maximum absolute atomic E-state index is 5.42. The van der Waals surface area contributed by atoms with Gasteiger partial charge in [0.15, 0.2) is 0 Å². The fourth-order valence-electron chi connectivity index (χ4n) is 8.26. The molecule has 4 bridgehead atoms. The van der Waals surface area contributed by atoms with Crippen LogP contribution in [0.3, 0.4) is 0 Å². The van der Waals surface area contributed by atoms with Gasteiger partial charge >= 0.3 is 0 Å². The normalized spacial score (nSPS) is 36.6. The third kappa shape index (κ3) is 1.60. The first kappa shape index (κ1) is 17.7. The largest absolute Gasteiger partial charge is 0.250 e. The summed E-state index contributed by atoms with van der Waals surface area (Å²) in [5.74, 6) is 1.29. The molecule has 0 N–H and O–H groups in total. The first-order valence-corrected chi connectivity index (χ1v) is 11.9. The smallest absolute Gasteiger partial charge is 0.0968 e. The molecule has 3 aromatic rings. The quantitative estimate of drug-likeness (QED) is 0.378. The number of benzene rings is 1. The number of aromatic nitrogens is 2. The Bertz CT molecular complexity index is 1200. The second-order valence-electron chi connectivity index (χ2n) is 12.4. The van der Waals surface area contributed by atoms with Crippen molar-refractivity contribution in [2.45, 2.75) is 89.9 Å². The van der Waals surface area contributed by atoms with E-state index in [1.807, 2.05) is 0 Å². The van der Waals surface area contributed by atoms with Crippen LogP contribution in [0.1, 0.15) is 102 Å². The van der Waals surface area contributed by atoms with Crippen LogP contribution < -0.4 is 0 Å². The van der Waals surface area contributed by atoms with Crippen molar-refractivity contribution in [1.29, 1.82) is 0 Å². The number of rotatable bonds is 0. The first-order valence-electron chi connectivity index (χ1n) is 11.9. The summed E-state index contributed by atoms with van der Waals surface area (Å²) in [7, 11) is 0. The molecule has 2 aromatic heterocycles. The maximum atomic E-state index is 5.42. The van der Waals surface area contributed by atoms with E-state index in [1.165, 1.54) is 59.0 Å². The van der Waals surface area contributed by atoms with Gasteiger partial charge in [-0.15, -0.1) is 0 Å². The Morgan fingerprint density at radius 3 is 1.47 bits per heavy atom. The summed E-state index contributed by atoms with van der Waals surface area (Å²) in [6, 6.07) is 9.50. The van der Waals surface area contributed by atoms with Crippen LogP contribution in [0.2, 0.25) is 0 Å². The van der Waals surface area contributed by atoms with Gasteiger partial charge in [0.25, 0.3) is 0 Å². The maximum Gasteiger partial charge on any atom is 0.0968 e. The highest BCUT2D eigenvalue weighted by Gasteiger charge is 2.61. The highest BCUT2D eigenvalue weighted by Crippen LogP contribution is 2.68. The minimum absolute atomic E-state index is 0.188. The molecule has 154 valence electrons. The van der Waals surface area contributed by atoms with Gasteiger partial charge in [0, 0.05) is 21.6 Å². The van der Waals surface area contributed by atoms with Crippen LogP contribution in [-0.2, 0) is 10.8 Å². The predicted octanol–water partition coefficient (Wildman–Crippen LogP) is 7.13. The fourth-order valence-corrected chi connectivity index (χ4v) is 8.26. The SMILES string of the molecule is CC1(C)[C@@H]2CC[C@@]1(C)c1nc3c(ccc4cc5c(nc43)[C@]3(C)CC[C@H]5C3(C)C)cc12. The summed E-state index contributed by atoms with van der Waals surface area (Å²) < 4.78 is 0. The lowest BCUT2D eigenvalue weighted by Crippen LogP contribution is -2.32. The zero-order chi connectivity index (χ0) is 20.8. The van der Waals surface area contributed by atoms with E-state index in [0.29, 0.717) is 22.7 Å². The van der Waals surface area contributed by atoms with Crippen molar-refractivity contribution in [1.82, 2.24) is 9.97 Å². The van der Waals surface area contributed by atoms with Crippen molar-refractivity contribution in [3.8, 4) is 0 Å².